The Labute approximate surface area is 162 Å². The van der Waals surface area contributed by atoms with Crippen molar-refractivity contribution in [2.45, 2.75) is 12.5 Å². The van der Waals surface area contributed by atoms with Gasteiger partial charge < -0.3 is 4.74 Å². The van der Waals surface area contributed by atoms with Crippen molar-refractivity contribution in [3.05, 3.63) is 94.5 Å². The first kappa shape index (κ1) is 16.9. The van der Waals surface area contributed by atoms with Crippen molar-refractivity contribution in [1.82, 2.24) is 0 Å². The molecule has 0 saturated heterocycles. The van der Waals surface area contributed by atoms with Crippen molar-refractivity contribution in [3.63, 3.8) is 0 Å². The Morgan fingerprint density at radius 2 is 1.62 bits per heavy atom. The van der Waals surface area contributed by atoms with Crippen LogP contribution in [0.15, 0.2) is 88.4 Å². The Morgan fingerprint density at radius 1 is 0.923 bits per heavy atom. The molecule has 3 aromatic rings. The fourth-order valence-corrected chi connectivity index (χ4v) is 3.50. The molecular formula is C22H19BrN2O. The SMILES string of the molecule is COc1ccc(C2=NN(c3ccccc3)[C@@H](c3ccc(Br)cc3)C2)cc1. The van der Waals surface area contributed by atoms with E-state index in [0.717, 1.165) is 33.6 Å². The lowest BCUT2D eigenvalue weighted by molar-refractivity contribution is 0.415. The van der Waals surface area contributed by atoms with Gasteiger partial charge in [0.15, 0.2) is 0 Å². The van der Waals surface area contributed by atoms with E-state index in [9.17, 15) is 0 Å². The smallest absolute Gasteiger partial charge is 0.118 e. The summed E-state index contributed by atoms with van der Waals surface area (Å²) in [5.41, 5.74) is 4.57. The Bertz CT molecular complexity index is 905. The van der Waals surface area contributed by atoms with Gasteiger partial charge in [0.05, 0.1) is 24.6 Å². The molecule has 1 atom stereocenters. The standard InChI is InChI=1S/C22H19BrN2O/c1-26-20-13-9-16(10-14-20)21-15-22(17-7-11-18(23)12-8-17)25(24-21)19-5-3-2-4-6-19/h2-14,22H,15H2,1H3/t22-/m1/s1. The molecule has 0 fully saturated rings. The van der Waals surface area contributed by atoms with Gasteiger partial charge in [0.25, 0.3) is 0 Å². The zero-order valence-electron chi connectivity index (χ0n) is 14.5. The van der Waals surface area contributed by atoms with Gasteiger partial charge in [-0.3, -0.25) is 5.01 Å². The first-order valence-electron chi connectivity index (χ1n) is 8.56. The van der Waals surface area contributed by atoms with Gasteiger partial charge in [0.1, 0.15) is 5.75 Å². The molecule has 4 rings (SSSR count). The van der Waals surface area contributed by atoms with Gasteiger partial charge in [0.2, 0.25) is 0 Å². The van der Waals surface area contributed by atoms with E-state index >= 15 is 0 Å². The summed E-state index contributed by atoms with van der Waals surface area (Å²) < 4.78 is 6.35. The van der Waals surface area contributed by atoms with E-state index in [1.165, 1.54) is 5.56 Å². The van der Waals surface area contributed by atoms with Crippen molar-refractivity contribution >= 4 is 27.3 Å². The molecule has 3 nitrogen and oxygen atoms in total. The van der Waals surface area contributed by atoms with E-state index in [1.807, 2.05) is 18.2 Å². The predicted molar refractivity (Wildman–Crippen MR) is 110 cm³/mol. The van der Waals surface area contributed by atoms with Gasteiger partial charge >= 0.3 is 0 Å². The molecule has 0 N–H and O–H groups in total. The van der Waals surface area contributed by atoms with Gasteiger partial charge in [0, 0.05) is 10.9 Å². The average Bonchev–Trinajstić information content (AvgIpc) is 3.15. The molecule has 0 radical (unpaired) electrons. The van der Waals surface area contributed by atoms with Gasteiger partial charge in [-0.1, -0.05) is 46.3 Å². The molecule has 3 aromatic carbocycles. The van der Waals surface area contributed by atoms with Gasteiger partial charge in [-0.15, -0.1) is 0 Å². The minimum absolute atomic E-state index is 0.183. The van der Waals surface area contributed by atoms with E-state index < -0.39 is 0 Å². The predicted octanol–water partition coefficient (Wildman–Crippen LogP) is 5.81. The number of methoxy groups -OCH3 is 1. The van der Waals surface area contributed by atoms with Gasteiger partial charge in [-0.05, 0) is 59.7 Å². The number of rotatable bonds is 4. The van der Waals surface area contributed by atoms with Gasteiger partial charge in [-0.25, -0.2) is 0 Å². The Balaban J connectivity index is 1.71. The molecule has 0 unspecified atom stereocenters. The highest BCUT2D eigenvalue weighted by Gasteiger charge is 2.29. The minimum atomic E-state index is 0.183. The largest absolute Gasteiger partial charge is 0.497 e. The molecule has 1 aliphatic heterocycles. The Morgan fingerprint density at radius 3 is 2.27 bits per heavy atom. The van der Waals surface area contributed by atoms with E-state index in [4.69, 9.17) is 9.84 Å². The van der Waals surface area contributed by atoms with Crippen LogP contribution in [0.3, 0.4) is 0 Å². The van der Waals surface area contributed by atoms with E-state index in [-0.39, 0.29) is 6.04 Å². The second kappa shape index (κ2) is 7.34. The number of halogens is 1. The van der Waals surface area contributed by atoms with Crippen LogP contribution >= 0.6 is 15.9 Å². The lowest BCUT2D eigenvalue weighted by atomic mass is 9.98. The zero-order valence-corrected chi connectivity index (χ0v) is 16.1. The monoisotopic (exact) mass is 406 g/mol. The van der Waals surface area contributed by atoms with Crippen LogP contribution in [0.2, 0.25) is 0 Å². The number of nitrogens with zero attached hydrogens (tertiary/aromatic N) is 2. The third-order valence-corrected chi connectivity index (χ3v) is 5.14. The maximum atomic E-state index is 5.27. The topological polar surface area (TPSA) is 24.8 Å². The highest BCUT2D eigenvalue weighted by molar-refractivity contribution is 9.10. The maximum Gasteiger partial charge on any atom is 0.118 e. The molecule has 4 heteroatoms. The lowest BCUT2D eigenvalue weighted by Gasteiger charge is -2.24. The number of hydrogen-bond donors (Lipinski definition) is 0. The highest BCUT2D eigenvalue weighted by Crippen LogP contribution is 2.37. The second-order valence-electron chi connectivity index (χ2n) is 6.23. The summed E-state index contributed by atoms with van der Waals surface area (Å²) in [6.07, 6.45) is 0.864. The summed E-state index contributed by atoms with van der Waals surface area (Å²) in [6, 6.07) is 27.1. The van der Waals surface area contributed by atoms with Crippen molar-refractivity contribution in [2.24, 2.45) is 5.10 Å². The van der Waals surface area contributed by atoms with Gasteiger partial charge in [-0.2, -0.15) is 5.10 Å². The molecule has 0 aliphatic carbocycles. The third kappa shape index (κ3) is 3.37. The van der Waals surface area contributed by atoms with E-state index in [2.05, 4.69) is 81.6 Å². The minimum Gasteiger partial charge on any atom is -0.497 e. The quantitative estimate of drug-likeness (QED) is 0.545. The van der Waals surface area contributed by atoms with Crippen LogP contribution in [0.25, 0.3) is 0 Å². The summed E-state index contributed by atoms with van der Waals surface area (Å²) in [6.45, 7) is 0. The third-order valence-electron chi connectivity index (χ3n) is 4.61. The normalized spacial score (nSPS) is 16.5. The van der Waals surface area contributed by atoms with E-state index in [1.54, 1.807) is 7.11 Å². The molecule has 0 saturated carbocycles. The molecule has 26 heavy (non-hydrogen) atoms. The summed E-state index contributed by atoms with van der Waals surface area (Å²) in [4.78, 5) is 0. The van der Waals surface area contributed by atoms with Crippen LogP contribution in [-0.4, -0.2) is 12.8 Å². The van der Waals surface area contributed by atoms with Crippen LogP contribution in [0.1, 0.15) is 23.6 Å². The molecule has 0 spiro atoms. The zero-order chi connectivity index (χ0) is 17.9. The number of hydrazone groups is 1. The summed E-state index contributed by atoms with van der Waals surface area (Å²) in [7, 11) is 1.68. The lowest BCUT2D eigenvalue weighted by Crippen LogP contribution is -2.18. The highest BCUT2D eigenvalue weighted by atomic mass is 79.9. The van der Waals surface area contributed by atoms with Crippen LogP contribution in [-0.2, 0) is 0 Å². The summed E-state index contributed by atoms with van der Waals surface area (Å²) >= 11 is 3.52. The molecule has 1 aliphatic rings. The second-order valence-corrected chi connectivity index (χ2v) is 7.14. The first-order valence-corrected chi connectivity index (χ1v) is 9.35. The van der Waals surface area contributed by atoms with E-state index in [0.29, 0.717) is 0 Å². The summed E-state index contributed by atoms with van der Waals surface area (Å²) in [5, 5.41) is 7.09. The molecule has 0 aromatic heterocycles. The van der Waals surface area contributed by atoms with Crippen molar-refractivity contribution < 1.29 is 4.74 Å². The first-order chi connectivity index (χ1) is 12.7. The number of anilines is 1. The van der Waals surface area contributed by atoms with Crippen molar-refractivity contribution in [3.8, 4) is 5.75 Å². The van der Waals surface area contributed by atoms with Crippen molar-refractivity contribution in [1.29, 1.82) is 0 Å². The van der Waals surface area contributed by atoms with Crippen LogP contribution in [0.5, 0.6) is 5.75 Å². The summed E-state index contributed by atoms with van der Waals surface area (Å²) in [5.74, 6) is 0.858. The fraction of sp³-hybridized carbons (Fsp3) is 0.136. The molecular weight excluding hydrogens is 388 g/mol. The van der Waals surface area contributed by atoms with Crippen LogP contribution in [0, 0.1) is 0 Å². The molecule has 0 amide bonds. The Hall–Kier alpha value is -2.59. The number of para-hydroxylation sites is 1. The number of ether oxygens (including phenoxy) is 1. The Kier molecular flexibility index (Phi) is 4.76. The number of benzene rings is 3. The van der Waals surface area contributed by atoms with Crippen LogP contribution in [0.4, 0.5) is 5.69 Å². The van der Waals surface area contributed by atoms with Crippen LogP contribution < -0.4 is 9.75 Å². The molecule has 130 valence electrons. The number of hydrogen-bond acceptors (Lipinski definition) is 3. The fourth-order valence-electron chi connectivity index (χ4n) is 3.23. The molecule has 1 heterocycles. The van der Waals surface area contributed by atoms with Crippen molar-refractivity contribution in [2.75, 3.05) is 12.1 Å². The average molecular weight is 407 g/mol. The maximum absolute atomic E-state index is 5.27. The molecule has 0 bridgehead atoms.